The van der Waals surface area contributed by atoms with Gasteiger partial charge in [-0.25, -0.2) is 0 Å². The minimum absolute atomic E-state index is 0.000929. The monoisotopic (exact) mass is 314 g/mol. The summed E-state index contributed by atoms with van der Waals surface area (Å²) in [6.45, 7) is 2.65. The molecule has 3 atom stereocenters. The van der Waals surface area contributed by atoms with E-state index in [1.165, 1.54) is 0 Å². The van der Waals surface area contributed by atoms with Crippen LogP contribution in [0.1, 0.15) is 51.0 Å². The van der Waals surface area contributed by atoms with Crippen molar-refractivity contribution in [3.63, 3.8) is 0 Å². The van der Waals surface area contributed by atoms with Gasteiger partial charge in [0, 0.05) is 12.6 Å². The zero-order valence-corrected chi connectivity index (χ0v) is 13.8. The second-order valence-electron chi connectivity index (χ2n) is 6.71. The molecule has 0 bridgehead atoms. The average Bonchev–Trinajstić information content (AvgIpc) is 3.01. The molecule has 124 valence electrons. The zero-order chi connectivity index (χ0) is 16.2. The van der Waals surface area contributed by atoms with Crippen LogP contribution in [0.5, 0.6) is 0 Å². The molecule has 2 aliphatic rings. The number of rotatable bonds is 7. The number of benzene rings is 1. The smallest absolute Gasteiger partial charge is 0.243 e. The molecular formula is C19H26N2O2. The van der Waals surface area contributed by atoms with Crippen LogP contribution in [-0.4, -0.2) is 28.8 Å². The van der Waals surface area contributed by atoms with Gasteiger partial charge in [0.1, 0.15) is 6.04 Å². The standard InChI is InChI=1S/C19H26N2O2/c1-2-3-11-17(21-16-12-7-10-15(16)19(21)23)18(22)20-13-14-8-5-4-6-9-14/h4-6,8-9,15-17H,2-3,7,10-13H2,1H3,(H,20,22)/t15-,16+,17?/m1/s1. The van der Waals surface area contributed by atoms with E-state index in [2.05, 4.69) is 12.2 Å². The van der Waals surface area contributed by atoms with Crippen molar-refractivity contribution in [2.75, 3.05) is 0 Å². The molecule has 1 saturated carbocycles. The fourth-order valence-electron chi connectivity index (χ4n) is 3.92. The summed E-state index contributed by atoms with van der Waals surface area (Å²) in [4.78, 5) is 26.9. The maximum Gasteiger partial charge on any atom is 0.243 e. The second kappa shape index (κ2) is 7.16. The first-order valence-corrected chi connectivity index (χ1v) is 8.86. The molecule has 1 aliphatic heterocycles. The molecule has 1 heterocycles. The third kappa shape index (κ3) is 3.26. The summed E-state index contributed by atoms with van der Waals surface area (Å²) >= 11 is 0. The minimum Gasteiger partial charge on any atom is -0.350 e. The van der Waals surface area contributed by atoms with Crippen LogP contribution in [-0.2, 0) is 16.1 Å². The maximum atomic E-state index is 12.7. The molecule has 0 aromatic heterocycles. The van der Waals surface area contributed by atoms with E-state index in [1.807, 2.05) is 35.2 Å². The highest BCUT2D eigenvalue weighted by Gasteiger charge is 2.53. The number of fused-ring (bicyclic) bond motifs is 1. The summed E-state index contributed by atoms with van der Waals surface area (Å²) in [7, 11) is 0. The molecule has 23 heavy (non-hydrogen) atoms. The molecule has 1 aromatic rings. The molecule has 1 N–H and O–H groups in total. The average molecular weight is 314 g/mol. The van der Waals surface area contributed by atoms with Crippen LogP contribution in [0.3, 0.4) is 0 Å². The summed E-state index contributed by atoms with van der Waals surface area (Å²) in [5, 5.41) is 3.02. The Hall–Kier alpha value is -1.84. The van der Waals surface area contributed by atoms with E-state index in [1.54, 1.807) is 0 Å². The Morgan fingerprint density at radius 2 is 2.09 bits per heavy atom. The van der Waals surface area contributed by atoms with Crippen LogP contribution in [0, 0.1) is 5.92 Å². The summed E-state index contributed by atoms with van der Waals surface area (Å²) in [5.41, 5.74) is 1.09. The van der Waals surface area contributed by atoms with Crippen LogP contribution in [0.25, 0.3) is 0 Å². The first kappa shape index (κ1) is 16.0. The van der Waals surface area contributed by atoms with Crippen LogP contribution in [0.15, 0.2) is 30.3 Å². The number of β-lactam (4-membered cyclic amide) rings is 1. The number of unbranched alkanes of at least 4 members (excludes halogenated alkanes) is 1. The summed E-state index contributed by atoms with van der Waals surface area (Å²) < 4.78 is 0. The molecule has 1 unspecified atom stereocenters. The van der Waals surface area contributed by atoms with Crippen molar-refractivity contribution in [1.82, 2.24) is 10.2 Å². The second-order valence-corrected chi connectivity index (χ2v) is 6.71. The summed E-state index contributed by atoms with van der Waals surface area (Å²) in [6, 6.07) is 9.94. The van der Waals surface area contributed by atoms with Crippen molar-refractivity contribution < 1.29 is 9.59 Å². The predicted molar refractivity (Wildman–Crippen MR) is 89.6 cm³/mol. The van der Waals surface area contributed by atoms with Crippen molar-refractivity contribution in [1.29, 1.82) is 0 Å². The highest BCUT2D eigenvalue weighted by molar-refractivity contribution is 5.93. The van der Waals surface area contributed by atoms with E-state index in [0.29, 0.717) is 12.6 Å². The molecule has 1 saturated heterocycles. The van der Waals surface area contributed by atoms with Crippen LogP contribution in [0.2, 0.25) is 0 Å². The lowest BCUT2D eigenvalue weighted by Gasteiger charge is -2.47. The normalized spacial score (nSPS) is 24.0. The zero-order valence-electron chi connectivity index (χ0n) is 13.8. The Morgan fingerprint density at radius 1 is 1.30 bits per heavy atom. The van der Waals surface area contributed by atoms with Gasteiger partial charge in [0.2, 0.25) is 11.8 Å². The Balaban J connectivity index is 1.63. The van der Waals surface area contributed by atoms with E-state index < -0.39 is 0 Å². The van der Waals surface area contributed by atoms with E-state index >= 15 is 0 Å². The third-order valence-electron chi connectivity index (χ3n) is 5.19. The number of carbonyl (C=O) groups excluding carboxylic acids is 2. The van der Waals surface area contributed by atoms with Crippen LogP contribution in [0.4, 0.5) is 0 Å². The number of hydrogen-bond donors (Lipinski definition) is 1. The SMILES string of the molecule is CCCCC(C(=O)NCc1ccccc1)N1C(=O)[C@@H]2CCC[C@@H]21. The number of hydrogen-bond acceptors (Lipinski definition) is 2. The van der Waals surface area contributed by atoms with E-state index in [4.69, 9.17) is 0 Å². The number of carbonyl (C=O) groups is 2. The molecule has 0 spiro atoms. The molecule has 4 heteroatoms. The lowest BCUT2D eigenvalue weighted by molar-refractivity contribution is -0.162. The number of amides is 2. The molecule has 3 rings (SSSR count). The fraction of sp³-hybridized carbons (Fsp3) is 0.579. The Morgan fingerprint density at radius 3 is 2.83 bits per heavy atom. The van der Waals surface area contributed by atoms with Gasteiger partial charge in [-0.1, -0.05) is 56.5 Å². The Kier molecular flexibility index (Phi) is 4.99. The van der Waals surface area contributed by atoms with Crippen molar-refractivity contribution in [2.24, 2.45) is 5.92 Å². The fourth-order valence-corrected chi connectivity index (χ4v) is 3.92. The predicted octanol–water partition coefficient (Wildman–Crippen LogP) is 2.87. The lowest BCUT2D eigenvalue weighted by atomic mass is 9.87. The molecule has 4 nitrogen and oxygen atoms in total. The molecule has 1 aromatic carbocycles. The van der Waals surface area contributed by atoms with Gasteiger partial charge in [-0.15, -0.1) is 0 Å². The van der Waals surface area contributed by atoms with Crippen molar-refractivity contribution in [3.8, 4) is 0 Å². The first-order chi connectivity index (χ1) is 11.2. The highest BCUT2D eigenvalue weighted by atomic mass is 16.2. The van der Waals surface area contributed by atoms with Gasteiger partial charge in [0.25, 0.3) is 0 Å². The van der Waals surface area contributed by atoms with Gasteiger partial charge in [-0.3, -0.25) is 9.59 Å². The molecule has 1 aliphatic carbocycles. The van der Waals surface area contributed by atoms with Gasteiger partial charge >= 0.3 is 0 Å². The quantitative estimate of drug-likeness (QED) is 0.787. The number of likely N-dealkylation sites (tertiary alicyclic amines) is 1. The van der Waals surface area contributed by atoms with Crippen LogP contribution >= 0.6 is 0 Å². The molecule has 0 radical (unpaired) electrons. The first-order valence-electron chi connectivity index (χ1n) is 8.86. The summed E-state index contributed by atoms with van der Waals surface area (Å²) in [5.74, 6) is 0.394. The topological polar surface area (TPSA) is 49.4 Å². The van der Waals surface area contributed by atoms with Gasteiger partial charge in [0.15, 0.2) is 0 Å². The van der Waals surface area contributed by atoms with E-state index in [9.17, 15) is 9.59 Å². The van der Waals surface area contributed by atoms with Crippen molar-refractivity contribution in [3.05, 3.63) is 35.9 Å². The Labute approximate surface area is 138 Å². The lowest BCUT2D eigenvalue weighted by Crippen LogP contribution is -2.65. The molecule has 2 fully saturated rings. The molecule has 2 amide bonds. The summed E-state index contributed by atoms with van der Waals surface area (Å²) in [6.07, 6.45) is 5.97. The molecular weight excluding hydrogens is 288 g/mol. The van der Waals surface area contributed by atoms with Gasteiger partial charge in [-0.05, 0) is 24.8 Å². The van der Waals surface area contributed by atoms with Gasteiger partial charge in [-0.2, -0.15) is 0 Å². The van der Waals surface area contributed by atoms with Gasteiger partial charge < -0.3 is 10.2 Å². The Bertz CT molecular complexity index is 558. The van der Waals surface area contributed by atoms with Crippen LogP contribution < -0.4 is 5.32 Å². The highest BCUT2D eigenvalue weighted by Crippen LogP contribution is 2.42. The maximum absolute atomic E-state index is 12.7. The minimum atomic E-state index is -0.287. The number of nitrogens with zero attached hydrogens (tertiary/aromatic N) is 1. The third-order valence-corrected chi connectivity index (χ3v) is 5.19. The van der Waals surface area contributed by atoms with Crippen molar-refractivity contribution in [2.45, 2.75) is 64.1 Å². The van der Waals surface area contributed by atoms with Crippen molar-refractivity contribution >= 4 is 11.8 Å². The van der Waals surface area contributed by atoms with E-state index in [-0.39, 0.29) is 23.8 Å². The largest absolute Gasteiger partial charge is 0.350 e. The number of nitrogens with one attached hydrogen (secondary N) is 1. The van der Waals surface area contributed by atoms with Gasteiger partial charge in [0.05, 0.1) is 5.92 Å². The van der Waals surface area contributed by atoms with E-state index in [0.717, 1.165) is 44.1 Å².